The first-order valence-corrected chi connectivity index (χ1v) is 5.58. The number of primary sulfonamides is 1. The highest BCUT2D eigenvalue weighted by Gasteiger charge is 2.15. The number of sulfonamides is 1. The standard InChI is InChI=1S/C9H7NO4S/c10-15(12,13)8-5-14-7-4-2-1-3-6(7)9(8)11/h1-5H,(H2,10,12,13). The second-order valence-corrected chi connectivity index (χ2v) is 4.50. The van der Waals surface area contributed by atoms with E-state index in [0.717, 1.165) is 6.26 Å². The smallest absolute Gasteiger partial charge is 0.245 e. The van der Waals surface area contributed by atoms with Crippen LogP contribution < -0.4 is 10.6 Å². The summed E-state index contributed by atoms with van der Waals surface area (Å²) in [6, 6.07) is 6.35. The van der Waals surface area contributed by atoms with Crippen molar-refractivity contribution in [1.29, 1.82) is 0 Å². The fourth-order valence-corrected chi connectivity index (χ4v) is 1.81. The van der Waals surface area contributed by atoms with Crippen LogP contribution in [0.25, 0.3) is 11.0 Å². The van der Waals surface area contributed by atoms with Crippen molar-refractivity contribution in [3.8, 4) is 0 Å². The number of para-hydroxylation sites is 1. The Kier molecular flexibility index (Phi) is 2.09. The highest BCUT2D eigenvalue weighted by molar-refractivity contribution is 7.89. The van der Waals surface area contributed by atoms with Crippen molar-refractivity contribution in [1.82, 2.24) is 0 Å². The molecule has 0 saturated carbocycles. The molecule has 2 aromatic rings. The summed E-state index contributed by atoms with van der Waals surface area (Å²) >= 11 is 0. The van der Waals surface area contributed by atoms with Crippen molar-refractivity contribution in [3.05, 3.63) is 40.8 Å². The second kappa shape index (κ2) is 3.18. The molecule has 6 heteroatoms. The normalized spacial score (nSPS) is 11.8. The molecule has 2 N–H and O–H groups in total. The maximum atomic E-state index is 11.7. The number of rotatable bonds is 1. The Morgan fingerprint density at radius 1 is 1.20 bits per heavy atom. The summed E-state index contributed by atoms with van der Waals surface area (Å²) < 4.78 is 27.0. The third-order valence-electron chi connectivity index (χ3n) is 1.95. The zero-order valence-electron chi connectivity index (χ0n) is 7.51. The molecule has 1 aromatic carbocycles. The molecule has 0 saturated heterocycles. The Morgan fingerprint density at radius 3 is 2.53 bits per heavy atom. The SMILES string of the molecule is NS(=O)(=O)c1coc2ccccc2c1=O. The minimum atomic E-state index is -4.03. The summed E-state index contributed by atoms with van der Waals surface area (Å²) in [6.45, 7) is 0. The maximum Gasteiger partial charge on any atom is 0.245 e. The minimum Gasteiger partial charge on any atom is -0.463 e. The van der Waals surface area contributed by atoms with Crippen molar-refractivity contribution in [2.45, 2.75) is 4.90 Å². The van der Waals surface area contributed by atoms with E-state index in [9.17, 15) is 13.2 Å². The van der Waals surface area contributed by atoms with Gasteiger partial charge in [-0.1, -0.05) is 12.1 Å². The summed E-state index contributed by atoms with van der Waals surface area (Å²) in [6.07, 6.45) is 0.861. The molecule has 0 bridgehead atoms. The third kappa shape index (κ3) is 1.64. The maximum absolute atomic E-state index is 11.7. The van der Waals surface area contributed by atoms with Crippen LogP contribution in [0.1, 0.15) is 0 Å². The molecule has 1 aromatic heterocycles. The number of benzene rings is 1. The lowest BCUT2D eigenvalue weighted by molar-refractivity contribution is 0.567. The summed E-state index contributed by atoms with van der Waals surface area (Å²) in [5, 5.41) is 5.06. The van der Waals surface area contributed by atoms with E-state index >= 15 is 0 Å². The van der Waals surface area contributed by atoms with E-state index < -0.39 is 20.3 Å². The molecule has 2 rings (SSSR count). The van der Waals surface area contributed by atoms with Crippen LogP contribution in [-0.2, 0) is 10.0 Å². The van der Waals surface area contributed by atoms with Crippen molar-refractivity contribution in [3.63, 3.8) is 0 Å². The fraction of sp³-hybridized carbons (Fsp3) is 0. The van der Waals surface area contributed by atoms with Gasteiger partial charge in [0.2, 0.25) is 15.5 Å². The van der Waals surface area contributed by atoms with Gasteiger partial charge in [-0.3, -0.25) is 4.79 Å². The molecule has 0 aliphatic heterocycles. The predicted molar refractivity (Wildman–Crippen MR) is 53.9 cm³/mol. The molecule has 15 heavy (non-hydrogen) atoms. The zero-order valence-corrected chi connectivity index (χ0v) is 8.32. The van der Waals surface area contributed by atoms with Crippen LogP contribution in [-0.4, -0.2) is 8.42 Å². The monoisotopic (exact) mass is 225 g/mol. The first-order valence-electron chi connectivity index (χ1n) is 4.03. The minimum absolute atomic E-state index is 0.198. The van der Waals surface area contributed by atoms with Crippen LogP contribution in [0.15, 0.2) is 44.6 Å². The predicted octanol–water partition coefficient (Wildman–Crippen LogP) is 0.440. The van der Waals surface area contributed by atoms with Crippen LogP contribution in [0.4, 0.5) is 0 Å². The molecule has 0 aliphatic carbocycles. The van der Waals surface area contributed by atoms with Crippen molar-refractivity contribution < 1.29 is 12.8 Å². The molecule has 5 nitrogen and oxygen atoms in total. The molecule has 0 aliphatic rings. The number of nitrogens with two attached hydrogens (primary N) is 1. The number of fused-ring (bicyclic) bond motifs is 1. The van der Waals surface area contributed by atoms with Gasteiger partial charge < -0.3 is 4.42 Å². The molecule has 0 amide bonds. The van der Waals surface area contributed by atoms with E-state index in [4.69, 9.17) is 9.56 Å². The van der Waals surface area contributed by atoms with Gasteiger partial charge in [-0.15, -0.1) is 0 Å². The average molecular weight is 225 g/mol. The van der Waals surface area contributed by atoms with E-state index in [1.54, 1.807) is 18.2 Å². The van der Waals surface area contributed by atoms with Crippen LogP contribution in [0.5, 0.6) is 0 Å². The zero-order chi connectivity index (χ0) is 11.1. The summed E-state index contributed by atoms with van der Waals surface area (Å²) in [5.74, 6) is 0. The molecular weight excluding hydrogens is 218 g/mol. The van der Waals surface area contributed by atoms with Crippen molar-refractivity contribution in [2.24, 2.45) is 5.14 Å². The van der Waals surface area contributed by atoms with E-state index in [2.05, 4.69) is 0 Å². The quantitative estimate of drug-likeness (QED) is 0.762. The first-order chi connectivity index (χ1) is 7.00. The Bertz CT molecular complexity index is 672. The molecule has 0 unspecified atom stereocenters. The van der Waals surface area contributed by atoms with Gasteiger partial charge in [0.05, 0.1) is 5.39 Å². The lowest BCUT2D eigenvalue weighted by Crippen LogP contribution is -2.21. The highest BCUT2D eigenvalue weighted by atomic mass is 32.2. The second-order valence-electron chi connectivity index (χ2n) is 2.97. The van der Waals surface area contributed by atoms with Gasteiger partial charge in [-0.05, 0) is 12.1 Å². The van der Waals surface area contributed by atoms with Crippen LogP contribution in [0, 0.1) is 0 Å². The molecule has 0 fully saturated rings. The summed E-state index contributed by atoms with van der Waals surface area (Å²) in [7, 11) is -4.03. The molecule has 0 atom stereocenters. The molecule has 78 valence electrons. The van der Waals surface area contributed by atoms with Gasteiger partial charge in [0.25, 0.3) is 0 Å². The van der Waals surface area contributed by atoms with E-state index in [1.165, 1.54) is 6.07 Å². The largest absolute Gasteiger partial charge is 0.463 e. The Hall–Kier alpha value is -1.66. The van der Waals surface area contributed by atoms with Crippen LogP contribution in [0.2, 0.25) is 0 Å². The third-order valence-corrected chi connectivity index (χ3v) is 2.85. The van der Waals surface area contributed by atoms with Gasteiger partial charge in [0.15, 0.2) is 4.90 Å². The lowest BCUT2D eigenvalue weighted by atomic mass is 10.2. The average Bonchev–Trinajstić information content (AvgIpc) is 2.16. The van der Waals surface area contributed by atoms with Gasteiger partial charge in [-0.2, -0.15) is 0 Å². The highest BCUT2D eigenvalue weighted by Crippen LogP contribution is 2.12. The molecule has 1 heterocycles. The number of hydrogen-bond donors (Lipinski definition) is 1. The van der Waals surface area contributed by atoms with Gasteiger partial charge in [0, 0.05) is 0 Å². The number of hydrogen-bond acceptors (Lipinski definition) is 4. The van der Waals surface area contributed by atoms with Crippen molar-refractivity contribution in [2.75, 3.05) is 0 Å². The first kappa shape index (κ1) is 9.88. The Labute approximate surface area is 85.2 Å². The molecule has 0 spiro atoms. The molecular formula is C9H7NO4S. The topological polar surface area (TPSA) is 90.4 Å². The summed E-state index contributed by atoms with van der Waals surface area (Å²) in [5.41, 5.74) is -0.311. The van der Waals surface area contributed by atoms with Gasteiger partial charge >= 0.3 is 0 Å². The summed E-state index contributed by atoms with van der Waals surface area (Å²) in [4.78, 5) is 11.1. The molecule has 0 radical (unpaired) electrons. The van der Waals surface area contributed by atoms with Crippen LogP contribution in [0.3, 0.4) is 0 Å². The van der Waals surface area contributed by atoms with E-state index in [0.29, 0.717) is 5.58 Å². The van der Waals surface area contributed by atoms with Crippen molar-refractivity contribution >= 4 is 21.0 Å². The van der Waals surface area contributed by atoms with Crippen LogP contribution >= 0.6 is 0 Å². The lowest BCUT2D eigenvalue weighted by Gasteiger charge is -1.98. The Morgan fingerprint density at radius 2 is 1.87 bits per heavy atom. The fourth-order valence-electron chi connectivity index (χ4n) is 1.26. The van der Waals surface area contributed by atoms with Gasteiger partial charge in [0.1, 0.15) is 11.8 Å². The van der Waals surface area contributed by atoms with Gasteiger partial charge in [-0.25, -0.2) is 13.6 Å². The Balaban J connectivity index is 2.95. The van der Waals surface area contributed by atoms with E-state index in [1.807, 2.05) is 0 Å². The van der Waals surface area contributed by atoms with E-state index in [-0.39, 0.29) is 5.39 Å².